The molecule has 1 aliphatic rings. The van der Waals surface area contributed by atoms with E-state index in [0.717, 1.165) is 31.6 Å². The number of benzene rings is 4. The Kier molecular flexibility index (Phi) is 6.85. The maximum absolute atomic E-state index is 13.2. The van der Waals surface area contributed by atoms with Gasteiger partial charge in [-0.2, -0.15) is 13.2 Å². The standard InChI is InChI=1S/C31H27F3N2O/c1-21(22-7-3-2-4-8-22)36-18-17-24-19-27(16-13-25(24)20-36)35-30(37)29-10-6-5-9-28(29)23-11-14-26(15-12-23)31(32,33)34/h2-16,19,21H,17-18,20H2,1H3,(H,35,37). The zero-order valence-corrected chi connectivity index (χ0v) is 20.4. The van der Waals surface area contributed by atoms with Crippen LogP contribution < -0.4 is 5.32 Å². The number of carbonyl (C=O) groups is 1. The number of hydrogen-bond acceptors (Lipinski definition) is 2. The molecule has 1 atom stereocenters. The van der Waals surface area contributed by atoms with E-state index in [2.05, 4.69) is 47.5 Å². The Morgan fingerprint density at radius 3 is 2.30 bits per heavy atom. The summed E-state index contributed by atoms with van der Waals surface area (Å²) in [6.45, 7) is 4.00. The number of fused-ring (bicyclic) bond motifs is 1. The molecule has 37 heavy (non-hydrogen) atoms. The first-order valence-corrected chi connectivity index (χ1v) is 12.3. The third-order valence-corrected chi connectivity index (χ3v) is 7.03. The third-order valence-electron chi connectivity index (χ3n) is 7.03. The summed E-state index contributed by atoms with van der Waals surface area (Å²) in [6, 6.07) is 28.6. The van der Waals surface area contributed by atoms with E-state index < -0.39 is 11.7 Å². The zero-order valence-electron chi connectivity index (χ0n) is 20.4. The summed E-state index contributed by atoms with van der Waals surface area (Å²) in [5, 5.41) is 2.98. The number of carbonyl (C=O) groups excluding carboxylic acids is 1. The van der Waals surface area contributed by atoms with Crippen LogP contribution in [-0.4, -0.2) is 17.4 Å². The minimum Gasteiger partial charge on any atom is -0.322 e. The fourth-order valence-electron chi connectivity index (χ4n) is 4.90. The Hall–Kier alpha value is -3.90. The summed E-state index contributed by atoms with van der Waals surface area (Å²) < 4.78 is 38.9. The number of nitrogens with zero attached hydrogens (tertiary/aromatic N) is 1. The van der Waals surface area contributed by atoms with E-state index in [4.69, 9.17) is 0 Å². The summed E-state index contributed by atoms with van der Waals surface area (Å²) in [5.74, 6) is -0.300. The lowest BCUT2D eigenvalue weighted by Crippen LogP contribution is -2.33. The van der Waals surface area contributed by atoms with Crippen LogP contribution in [0.15, 0.2) is 97.1 Å². The van der Waals surface area contributed by atoms with Crippen molar-refractivity contribution in [3.63, 3.8) is 0 Å². The zero-order chi connectivity index (χ0) is 26.0. The van der Waals surface area contributed by atoms with Crippen molar-refractivity contribution < 1.29 is 18.0 Å². The molecular formula is C31H27F3N2O. The van der Waals surface area contributed by atoms with Crippen LogP contribution in [0.1, 0.15) is 45.6 Å². The number of hydrogen-bond donors (Lipinski definition) is 1. The van der Waals surface area contributed by atoms with Crippen LogP contribution in [0, 0.1) is 0 Å². The summed E-state index contributed by atoms with van der Waals surface area (Å²) in [4.78, 5) is 15.7. The molecule has 1 aliphatic heterocycles. The molecule has 5 rings (SSSR count). The number of rotatable bonds is 5. The van der Waals surface area contributed by atoms with Gasteiger partial charge in [0.2, 0.25) is 0 Å². The van der Waals surface area contributed by atoms with Crippen molar-refractivity contribution in [2.45, 2.75) is 32.1 Å². The first kappa shape index (κ1) is 24.8. The largest absolute Gasteiger partial charge is 0.416 e. The van der Waals surface area contributed by atoms with Crippen LogP contribution in [0.4, 0.5) is 18.9 Å². The average molecular weight is 501 g/mol. The maximum atomic E-state index is 13.2. The molecule has 0 aromatic heterocycles. The van der Waals surface area contributed by atoms with Crippen molar-refractivity contribution in [2.24, 2.45) is 0 Å². The van der Waals surface area contributed by atoms with Gasteiger partial charge in [0, 0.05) is 30.4 Å². The van der Waals surface area contributed by atoms with E-state index in [0.29, 0.717) is 28.4 Å². The Morgan fingerprint density at radius 2 is 1.57 bits per heavy atom. The molecule has 1 heterocycles. The van der Waals surface area contributed by atoms with Crippen molar-refractivity contribution in [3.05, 3.63) is 125 Å². The summed E-state index contributed by atoms with van der Waals surface area (Å²) in [6.07, 6.45) is -3.52. The molecule has 0 saturated heterocycles. The van der Waals surface area contributed by atoms with Gasteiger partial charge in [-0.05, 0) is 71.5 Å². The van der Waals surface area contributed by atoms with E-state index in [1.807, 2.05) is 18.2 Å². The molecule has 1 unspecified atom stereocenters. The maximum Gasteiger partial charge on any atom is 0.416 e. The minimum absolute atomic E-state index is 0.300. The highest BCUT2D eigenvalue weighted by atomic mass is 19.4. The highest BCUT2D eigenvalue weighted by molar-refractivity contribution is 6.08. The van der Waals surface area contributed by atoms with Crippen LogP contribution in [0.2, 0.25) is 0 Å². The van der Waals surface area contributed by atoms with E-state index in [1.54, 1.807) is 24.3 Å². The number of halogens is 3. The van der Waals surface area contributed by atoms with E-state index in [9.17, 15) is 18.0 Å². The fourth-order valence-corrected chi connectivity index (χ4v) is 4.90. The topological polar surface area (TPSA) is 32.3 Å². The lowest BCUT2D eigenvalue weighted by atomic mass is 9.96. The predicted octanol–water partition coefficient (Wildman–Crippen LogP) is 7.74. The van der Waals surface area contributed by atoms with Gasteiger partial charge in [-0.25, -0.2) is 0 Å². The molecule has 4 aromatic carbocycles. The lowest BCUT2D eigenvalue weighted by Gasteiger charge is -2.34. The quantitative estimate of drug-likeness (QED) is 0.304. The van der Waals surface area contributed by atoms with Gasteiger partial charge in [0.15, 0.2) is 0 Å². The molecular weight excluding hydrogens is 473 g/mol. The van der Waals surface area contributed by atoms with Crippen LogP contribution >= 0.6 is 0 Å². The summed E-state index contributed by atoms with van der Waals surface area (Å²) in [7, 11) is 0. The Morgan fingerprint density at radius 1 is 0.865 bits per heavy atom. The van der Waals surface area contributed by atoms with Crippen molar-refractivity contribution in [1.82, 2.24) is 4.90 Å². The number of amides is 1. The predicted molar refractivity (Wildman–Crippen MR) is 140 cm³/mol. The van der Waals surface area contributed by atoms with E-state index in [-0.39, 0.29) is 5.91 Å². The van der Waals surface area contributed by atoms with E-state index in [1.165, 1.54) is 28.8 Å². The Bertz CT molecular complexity index is 1400. The van der Waals surface area contributed by atoms with Gasteiger partial charge in [0.25, 0.3) is 5.91 Å². The van der Waals surface area contributed by atoms with Crippen LogP contribution in [0.25, 0.3) is 11.1 Å². The second-order valence-electron chi connectivity index (χ2n) is 9.37. The van der Waals surface area contributed by atoms with Crippen LogP contribution in [0.3, 0.4) is 0 Å². The monoisotopic (exact) mass is 500 g/mol. The van der Waals surface area contributed by atoms with Gasteiger partial charge in [-0.1, -0.05) is 66.7 Å². The summed E-state index contributed by atoms with van der Waals surface area (Å²) in [5.41, 5.74) is 5.28. The minimum atomic E-state index is -4.40. The fraction of sp³-hybridized carbons (Fsp3) is 0.194. The SMILES string of the molecule is CC(c1ccccc1)N1CCc2cc(NC(=O)c3ccccc3-c3ccc(C(F)(F)F)cc3)ccc2C1. The molecule has 3 nitrogen and oxygen atoms in total. The number of alkyl halides is 3. The lowest BCUT2D eigenvalue weighted by molar-refractivity contribution is -0.137. The molecule has 0 spiro atoms. The molecule has 188 valence electrons. The second-order valence-corrected chi connectivity index (χ2v) is 9.37. The smallest absolute Gasteiger partial charge is 0.322 e. The van der Waals surface area contributed by atoms with Crippen molar-refractivity contribution in [1.29, 1.82) is 0 Å². The molecule has 1 N–H and O–H groups in total. The molecule has 0 saturated carbocycles. The highest BCUT2D eigenvalue weighted by Crippen LogP contribution is 2.33. The molecule has 0 bridgehead atoms. The Balaban J connectivity index is 1.31. The first-order chi connectivity index (χ1) is 17.8. The van der Waals surface area contributed by atoms with Gasteiger partial charge in [0.1, 0.15) is 0 Å². The van der Waals surface area contributed by atoms with Gasteiger partial charge in [-0.3, -0.25) is 9.69 Å². The second kappa shape index (κ2) is 10.2. The molecule has 6 heteroatoms. The van der Waals surface area contributed by atoms with Crippen LogP contribution in [0.5, 0.6) is 0 Å². The molecule has 1 amide bonds. The number of anilines is 1. The molecule has 0 fully saturated rings. The first-order valence-electron chi connectivity index (χ1n) is 12.3. The van der Waals surface area contributed by atoms with Gasteiger partial charge >= 0.3 is 6.18 Å². The van der Waals surface area contributed by atoms with Crippen molar-refractivity contribution in [3.8, 4) is 11.1 Å². The van der Waals surface area contributed by atoms with Gasteiger partial charge < -0.3 is 5.32 Å². The van der Waals surface area contributed by atoms with Crippen molar-refractivity contribution >= 4 is 11.6 Å². The van der Waals surface area contributed by atoms with Gasteiger partial charge in [-0.15, -0.1) is 0 Å². The summed E-state index contributed by atoms with van der Waals surface area (Å²) >= 11 is 0. The van der Waals surface area contributed by atoms with E-state index >= 15 is 0 Å². The average Bonchev–Trinajstić information content (AvgIpc) is 2.92. The van der Waals surface area contributed by atoms with Gasteiger partial charge in [0.05, 0.1) is 5.56 Å². The van der Waals surface area contributed by atoms with Crippen LogP contribution in [-0.2, 0) is 19.1 Å². The molecule has 0 radical (unpaired) electrons. The molecule has 4 aromatic rings. The normalized spacial score (nSPS) is 14.6. The third kappa shape index (κ3) is 5.44. The number of nitrogens with one attached hydrogen (secondary N) is 1. The Labute approximate surface area is 214 Å². The molecule has 0 aliphatic carbocycles. The van der Waals surface area contributed by atoms with Crippen molar-refractivity contribution in [2.75, 3.05) is 11.9 Å². The highest BCUT2D eigenvalue weighted by Gasteiger charge is 2.30.